The predicted molar refractivity (Wildman–Crippen MR) is 72.5 cm³/mol. The summed E-state index contributed by atoms with van der Waals surface area (Å²) in [5.41, 5.74) is 6.67. The van der Waals surface area contributed by atoms with E-state index in [0.717, 1.165) is 12.0 Å². The number of hydrogen-bond acceptors (Lipinski definition) is 3. The third-order valence-electron chi connectivity index (χ3n) is 2.65. The minimum absolute atomic E-state index is 0.165. The molecule has 0 amide bonds. The Labute approximate surface area is 110 Å². The summed E-state index contributed by atoms with van der Waals surface area (Å²) in [6, 6.07) is 8.39. The lowest BCUT2D eigenvalue weighted by Gasteiger charge is -2.13. The maximum Gasteiger partial charge on any atom is 0.126 e. The lowest BCUT2D eigenvalue weighted by Crippen LogP contribution is -2.09. The van der Waals surface area contributed by atoms with Crippen molar-refractivity contribution in [3.8, 4) is 5.75 Å². The van der Waals surface area contributed by atoms with Gasteiger partial charge in [-0.2, -0.15) is 0 Å². The Kier molecular flexibility index (Phi) is 4.33. The maximum absolute atomic E-state index is 13.2. The van der Waals surface area contributed by atoms with E-state index < -0.39 is 0 Å². The molecule has 1 atom stereocenters. The molecule has 0 aliphatic rings. The minimum atomic E-state index is -0.300. The van der Waals surface area contributed by atoms with Crippen LogP contribution < -0.4 is 10.5 Å². The zero-order chi connectivity index (χ0) is 13.0. The van der Waals surface area contributed by atoms with E-state index >= 15 is 0 Å². The van der Waals surface area contributed by atoms with E-state index in [4.69, 9.17) is 10.5 Å². The smallest absolute Gasteiger partial charge is 0.126 e. The second-order valence-electron chi connectivity index (χ2n) is 4.15. The van der Waals surface area contributed by atoms with E-state index in [1.165, 1.54) is 17.0 Å². The number of benzene rings is 1. The van der Waals surface area contributed by atoms with Gasteiger partial charge in [-0.3, -0.25) is 0 Å². The van der Waals surface area contributed by atoms with Crippen LogP contribution in [0.25, 0.3) is 0 Å². The van der Waals surface area contributed by atoms with Gasteiger partial charge in [0.15, 0.2) is 0 Å². The first kappa shape index (κ1) is 13.1. The van der Waals surface area contributed by atoms with Crippen molar-refractivity contribution in [3.63, 3.8) is 0 Å². The normalized spacial score (nSPS) is 12.4. The largest absolute Gasteiger partial charge is 0.493 e. The van der Waals surface area contributed by atoms with Crippen molar-refractivity contribution in [2.24, 2.45) is 5.73 Å². The molecule has 0 unspecified atom stereocenters. The summed E-state index contributed by atoms with van der Waals surface area (Å²) in [7, 11) is 0. The van der Waals surface area contributed by atoms with Crippen LogP contribution in [0.15, 0.2) is 35.7 Å². The molecule has 1 aromatic heterocycles. The number of nitrogens with two attached hydrogens (primary N) is 1. The second-order valence-corrected chi connectivity index (χ2v) is 5.18. The van der Waals surface area contributed by atoms with Crippen LogP contribution in [0.2, 0.25) is 0 Å². The van der Waals surface area contributed by atoms with E-state index in [-0.39, 0.29) is 11.9 Å². The highest BCUT2D eigenvalue weighted by atomic mass is 32.1. The summed E-state index contributed by atoms with van der Waals surface area (Å²) in [5, 5.41) is 2.03. The predicted octanol–water partition coefficient (Wildman–Crippen LogP) is 3.53. The first-order chi connectivity index (χ1) is 8.66. The minimum Gasteiger partial charge on any atom is -0.493 e. The quantitative estimate of drug-likeness (QED) is 0.897. The summed E-state index contributed by atoms with van der Waals surface area (Å²) in [6.45, 7) is 2.39. The lowest BCUT2D eigenvalue weighted by atomic mass is 10.1. The molecular weight excluding hydrogens is 249 g/mol. The molecule has 96 valence electrons. The van der Waals surface area contributed by atoms with Gasteiger partial charge in [0.2, 0.25) is 0 Å². The molecule has 0 bridgehead atoms. The van der Waals surface area contributed by atoms with Crippen molar-refractivity contribution in [2.75, 3.05) is 6.61 Å². The van der Waals surface area contributed by atoms with Gasteiger partial charge in [0, 0.05) is 29.0 Å². The maximum atomic E-state index is 13.2. The van der Waals surface area contributed by atoms with Crippen LogP contribution in [0, 0.1) is 5.82 Å². The van der Waals surface area contributed by atoms with Crippen LogP contribution in [0.3, 0.4) is 0 Å². The molecular formula is C14H16FNOS. The number of rotatable bonds is 5. The zero-order valence-corrected chi connectivity index (χ0v) is 11.0. The summed E-state index contributed by atoms with van der Waals surface area (Å²) >= 11 is 1.69. The fraction of sp³-hybridized carbons (Fsp3) is 0.286. The van der Waals surface area contributed by atoms with Gasteiger partial charge in [0.25, 0.3) is 0 Å². The third kappa shape index (κ3) is 3.31. The highest BCUT2D eigenvalue weighted by Gasteiger charge is 2.09. The van der Waals surface area contributed by atoms with E-state index in [0.29, 0.717) is 12.4 Å². The molecule has 0 fully saturated rings. The zero-order valence-electron chi connectivity index (χ0n) is 10.2. The molecule has 1 aromatic carbocycles. The first-order valence-electron chi connectivity index (χ1n) is 5.87. The average molecular weight is 265 g/mol. The number of ether oxygens (including phenoxy) is 1. The summed E-state index contributed by atoms with van der Waals surface area (Å²) < 4.78 is 18.8. The van der Waals surface area contributed by atoms with Crippen molar-refractivity contribution in [3.05, 3.63) is 52.0 Å². The molecule has 2 nitrogen and oxygen atoms in total. The Balaban J connectivity index is 2.01. The SMILES string of the molecule is C[C@H](N)c1ccc(F)cc1OCCc1cccs1. The molecule has 0 radical (unpaired) electrons. The molecule has 18 heavy (non-hydrogen) atoms. The number of hydrogen-bond donors (Lipinski definition) is 1. The Morgan fingerprint density at radius 1 is 1.39 bits per heavy atom. The van der Waals surface area contributed by atoms with E-state index in [9.17, 15) is 4.39 Å². The lowest BCUT2D eigenvalue weighted by molar-refractivity contribution is 0.316. The number of thiophene rings is 1. The Bertz CT molecular complexity index is 497. The number of halogens is 1. The monoisotopic (exact) mass is 265 g/mol. The van der Waals surface area contributed by atoms with Gasteiger partial charge in [0.1, 0.15) is 11.6 Å². The van der Waals surface area contributed by atoms with Crippen molar-refractivity contribution < 1.29 is 9.13 Å². The molecule has 2 N–H and O–H groups in total. The van der Waals surface area contributed by atoms with Crippen molar-refractivity contribution >= 4 is 11.3 Å². The summed E-state index contributed by atoms with van der Waals surface area (Å²) in [5.74, 6) is 0.243. The topological polar surface area (TPSA) is 35.2 Å². The van der Waals surface area contributed by atoms with Gasteiger partial charge in [-0.25, -0.2) is 4.39 Å². The Morgan fingerprint density at radius 3 is 2.89 bits per heavy atom. The second kappa shape index (κ2) is 5.98. The van der Waals surface area contributed by atoms with Crippen molar-refractivity contribution in [1.29, 1.82) is 0 Å². The van der Waals surface area contributed by atoms with Crippen LogP contribution >= 0.6 is 11.3 Å². The van der Waals surface area contributed by atoms with E-state index in [1.807, 2.05) is 18.4 Å². The Morgan fingerprint density at radius 2 is 2.22 bits per heavy atom. The molecule has 1 heterocycles. The van der Waals surface area contributed by atoms with Gasteiger partial charge in [-0.1, -0.05) is 12.1 Å². The van der Waals surface area contributed by atoms with E-state index in [2.05, 4.69) is 6.07 Å². The van der Waals surface area contributed by atoms with Gasteiger partial charge in [-0.05, 0) is 24.4 Å². The van der Waals surface area contributed by atoms with Crippen LogP contribution in [0.1, 0.15) is 23.4 Å². The molecule has 0 spiro atoms. The fourth-order valence-corrected chi connectivity index (χ4v) is 2.42. The van der Waals surface area contributed by atoms with Gasteiger partial charge < -0.3 is 10.5 Å². The van der Waals surface area contributed by atoms with Gasteiger partial charge in [-0.15, -0.1) is 11.3 Å². The molecule has 0 aliphatic carbocycles. The van der Waals surface area contributed by atoms with Crippen LogP contribution in [0.5, 0.6) is 5.75 Å². The highest BCUT2D eigenvalue weighted by Crippen LogP contribution is 2.25. The molecule has 2 rings (SSSR count). The molecule has 2 aromatic rings. The van der Waals surface area contributed by atoms with Crippen LogP contribution in [-0.4, -0.2) is 6.61 Å². The highest BCUT2D eigenvalue weighted by molar-refractivity contribution is 7.09. The van der Waals surface area contributed by atoms with E-state index in [1.54, 1.807) is 17.4 Å². The Hall–Kier alpha value is -1.39. The average Bonchev–Trinajstić information content (AvgIpc) is 2.82. The molecule has 0 aliphatic heterocycles. The van der Waals surface area contributed by atoms with Crippen molar-refractivity contribution in [1.82, 2.24) is 0 Å². The first-order valence-corrected chi connectivity index (χ1v) is 6.75. The van der Waals surface area contributed by atoms with Gasteiger partial charge >= 0.3 is 0 Å². The molecule has 0 saturated heterocycles. The standard InChI is InChI=1S/C14H16FNOS/c1-10(16)13-5-4-11(15)9-14(13)17-7-6-12-3-2-8-18-12/h2-5,8-10H,6-7,16H2,1H3/t10-/m0/s1. The van der Waals surface area contributed by atoms with Crippen LogP contribution in [-0.2, 0) is 6.42 Å². The van der Waals surface area contributed by atoms with Crippen LogP contribution in [0.4, 0.5) is 4.39 Å². The molecule has 0 saturated carbocycles. The van der Waals surface area contributed by atoms with Crippen molar-refractivity contribution in [2.45, 2.75) is 19.4 Å². The summed E-state index contributed by atoms with van der Waals surface area (Å²) in [4.78, 5) is 1.26. The third-order valence-corrected chi connectivity index (χ3v) is 3.59. The molecule has 4 heteroatoms. The van der Waals surface area contributed by atoms with Gasteiger partial charge in [0.05, 0.1) is 6.61 Å². The summed E-state index contributed by atoms with van der Waals surface area (Å²) in [6.07, 6.45) is 0.826. The fourth-order valence-electron chi connectivity index (χ4n) is 1.73.